The Morgan fingerprint density at radius 1 is 1.17 bits per heavy atom. The molecule has 188 valence electrons. The first-order valence-corrected chi connectivity index (χ1v) is 13.2. The maximum absolute atomic E-state index is 13.9. The summed E-state index contributed by atoms with van der Waals surface area (Å²) >= 11 is 0. The van der Waals surface area contributed by atoms with Crippen molar-refractivity contribution in [3.8, 4) is 6.07 Å². The summed E-state index contributed by atoms with van der Waals surface area (Å²) in [5.41, 5.74) is 7.12. The third-order valence-electron chi connectivity index (χ3n) is 8.03. The fraction of sp³-hybridized carbons (Fsp3) is 0.467. The molecule has 6 nitrogen and oxygen atoms in total. The minimum atomic E-state index is -0.362. The topological polar surface area (TPSA) is 72.4 Å². The number of morpholine rings is 1. The molecule has 5 rings (SSSR count). The van der Waals surface area contributed by atoms with Crippen LogP contribution in [0.2, 0.25) is 0 Å². The average Bonchev–Trinajstić information content (AvgIpc) is 3.30. The second kappa shape index (κ2) is 9.72. The summed E-state index contributed by atoms with van der Waals surface area (Å²) in [5.74, 6) is 0.0758. The fourth-order valence-corrected chi connectivity index (χ4v) is 5.92. The lowest BCUT2D eigenvalue weighted by Crippen LogP contribution is -2.38. The Morgan fingerprint density at radius 2 is 1.94 bits per heavy atom. The van der Waals surface area contributed by atoms with E-state index in [2.05, 4.69) is 60.7 Å². The molecule has 2 heterocycles. The standard InChI is InChI=1S/C30H36N4O2/c1-5-21-17-23-24(18-26(21)34(6-2)11-7-10-33-12-14-36-15-13-33)30(3,4)29-27(28(23)35)22-9-8-20(19-31)16-25(22)32-29/h8-9,16-18,32H,5-7,10-15H2,1-4H3. The summed E-state index contributed by atoms with van der Waals surface area (Å²) in [6.45, 7) is 15.5. The van der Waals surface area contributed by atoms with Crippen LogP contribution in [0, 0.1) is 11.3 Å². The molecule has 0 saturated carbocycles. The zero-order valence-electron chi connectivity index (χ0n) is 21.9. The van der Waals surface area contributed by atoms with Gasteiger partial charge in [-0.15, -0.1) is 0 Å². The molecule has 1 aliphatic heterocycles. The Balaban J connectivity index is 1.51. The number of aryl methyl sites for hydroxylation is 1. The molecular formula is C30H36N4O2. The van der Waals surface area contributed by atoms with E-state index in [-0.39, 0.29) is 11.2 Å². The van der Waals surface area contributed by atoms with Gasteiger partial charge in [-0.25, -0.2) is 0 Å². The number of nitrogens with one attached hydrogen (secondary N) is 1. The third-order valence-corrected chi connectivity index (χ3v) is 8.03. The van der Waals surface area contributed by atoms with E-state index >= 15 is 0 Å². The number of anilines is 1. The molecule has 1 fully saturated rings. The predicted molar refractivity (Wildman–Crippen MR) is 144 cm³/mol. The number of H-pyrrole nitrogens is 1. The molecule has 2 aliphatic rings. The van der Waals surface area contributed by atoms with Crippen molar-refractivity contribution < 1.29 is 9.53 Å². The number of carbonyl (C=O) groups excluding carboxylic acids is 1. The van der Waals surface area contributed by atoms with E-state index < -0.39 is 0 Å². The van der Waals surface area contributed by atoms with Crippen molar-refractivity contribution in [1.82, 2.24) is 9.88 Å². The van der Waals surface area contributed by atoms with Crippen LogP contribution in [0.25, 0.3) is 10.9 Å². The van der Waals surface area contributed by atoms with Crippen LogP contribution in [0.5, 0.6) is 0 Å². The normalized spacial score (nSPS) is 17.0. The largest absolute Gasteiger partial charge is 0.379 e. The molecule has 1 aromatic heterocycles. The highest BCUT2D eigenvalue weighted by atomic mass is 16.5. The van der Waals surface area contributed by atoms with Gasteiger partial charge in [-0.3, -0.25) is 9.69 Å². The van der Waals surface area contributed by atoms with Crippen LogP contribution >= 0.6 is 0 Å². The number of ketones is 1. The molecule has 6 heteroatoms. The molecule has 0 spiro atoms. The molecule has 0 unspecified atom stereocenters. The molecule has 0 bridgehead atoms. The van der Waals surface area contributed by atoms with Crippen LogP contribution in [0.4, 0.5) is 5.69 Å². The first kappa shape index (κ1) is 24.5. The van der Waals surface area contributed by atoms with Crippen molar-refractivity contribution >= 4 is 22.4 Å². The Kier molecular flexibility index (Phi) is 6.63. The quantitative estimate of drug-likeness (QED) is 0.510. The number of nitriles is 1. The lowest BCUT2D eigenvalue weighted by atomic mass is 9.70. The number of carbonyl (C=O) groups is 1. The predicted octanol–water partition coefficient (Wildman–Crippen LogP) is 5.02. The van der Waals surface area contributed by atoms with E-state index in [4.69, 9.17) is 4.74 Å². The Hall–Kier alpha value is -3.14. The number of ether oxygens (including phenoxy) is 1. The van der Waals surface area contributed by atoms with Gasteiger partial charge in [0.1, 0.15) is 0 Å². The molecule has 1 saturated heterocycles. The summed E-state index contributed by atoms with van der Waals surface area (Å²) in [7, 11) is 0. The molecule has 1 aliphatic carbocycles. The van der Waals surface area contributed by atoms with Crippen molar-refractivity contribution in [2.24, 2.45) is 0 Å². The lowest BCUT2D eigenvalue weighted by molar-refractivity contribution is 0.0376. The highest BCUT2D eigenvalue weighted by Gasteiger charge is 2.40. The molecule has 0 amide bonds. The Morgan fingerprint density at radius 3 is 2.64 bits per heavy atom. The molecule has 0 atom stereocenters. The van der Waals surface area contributed by atoms with Crippen LogP contribution in [-0.4, -0.2) is 61.6 Å². The van der Waals surface area contributed by atoms with Crippen molar-refractivity contribution in [3.63, 3.8) is 0 Å². The summed E-state index contributed by atoms with van der Waals surface area (Å²) < 4.78 is 5.49. The van der Waals surface area contributed by atoms with E-state index in [1.807, 2.05) is 12.1 Å². The lowest BCUT2D eigenvalue weighted by Gasteiger charge is -2.35. The monoisotopic (exact) mass is 484 g/mol. The molecule has 0 radical (unpaired) electrons. The van der Waals surface area contributed by atoms with E-state index in [1.165, 1.54) is 11.3 Å². The van der Waals surface area contributed by atoms with Gasteiger partial charge in [0.15, 0.2) is 5.78 Å². The van der Waals surface area contributed by atoms with Crippen LogP contribution in [-0.2, 0) is 16.6 Å². The van der Waals surface area contributed by atoms with Crippen LogP contribution in [0.15, 0.2) is 30.3 Å². The molecule has 1 N–H and O–H groups in total. The third kappa shape index (κ3) is 4.11. The van der Waals surface area contributed by atoms with E-state index in [0.29, 0.717) is 5.56 Å². The number of fused-ring (bicyclic) bond motifs is 4. The maximum Gasteiger partial charge on any atom is 0.195 e. The summed E-state index contributed by atoms with van der Waals surface area (Å²) in [5, 5.41) is 10.2. The van der Waals surface area contributed by atoms with Crippen LogP contribution in [0.3, 0.4) is 0 Å². The fourth-order valence-electron chi connectivity index (χ4n) is 5.92. The maximum atomic E-state index is 13.9. The first-order chi connectivity index (χ1) is 17.4. The number of nitrogens with zero attached hydrogens (tertiary/aromatic N) is 3. The molecule has 36 heavy (non-hydrogen) atoms. The van der Waals surface area contributed by atoms with Crippen molar-refractivity contribution in [1.29, 1.82) is 5.26 Å². The van der Waals surface area contributed by atoms with Gasteiger partial charge in [0.2, 0.25) is 0 Å². The molecule has 2 aromatic carbocycles. The zero-order chi connectivity index (χ0) is 25.4. The Bertz CT molecular complexity index is 1340. The van der Waals surface area contributed by atoms with E-state index in [9.17, 15) is 10.1 Å². The van der Waals surface area contributed by atoms with Gasteiger partial charge in [0.05, 0.1) is 30.4 Å². The SMILES string of the molecule is CCc1cc2c(cc1N(CC)CCCN1CCOCC1)C(C)(C)c1[nH]c3cc(C#N)ccc3c1C2=O. The zero-order valence-corrected chi connectivity index (χ0v) is 21.9. The van der Waals surface area contributed by atoms with E-state index in [1.54, 1.807) is 6.07 Å². The van der Waals surface area contributed by atoms with Gasteiger partial charge in [-0.1, -0.05) is 26.8 Å². The highest BCUT2D eigenvalue weighted by molar-refractivity contribution is 6.20. The summed E-state index contributed by atoms with van der Waals surface area (Å²) in [6.07, 6.45) is 1.98. The minimum absolute atomic E-state index is 0.0758. The summed E-state index contributed by atoms with van der Waals surface area (Å²) in [4.78, 5) is 22.4. The first-order valence-electron chi connectivity index (χ1n) is 13.2. The number of aromatic amines is 1. The number of hydrogen-bond acceptors (Lipinski definition) is 5. The van der Waals surface area contributed by atoms with Gasteiger partial charge >= 0.3 is 0 Å². The van der Waals surface area contributed by atoms with Crippen molar-refractivity contribution in [2.75, 3.05) is 50.8 Å². The van der Waals surface area contributed by atoms with E-state index in [0.717, 1.165) is 92.1 Å². The Labute approximate surface area is 213 Å². The van der Waals surface area contributed by atoms with Gasteiger partial charge in [-0.05, 0) is 55.2 Å². The molecule has 3 aromatic rings. The second-order valence-corrected chi connectivity index (χ2v) is 10.5. The number of aromatic nitrogens is 1. The summed E-state index contributed by atoms with van der Waals surface area (Å²) in [6, 6.07) is 12.2. The number of rotatable bonds is 7. The van der Waals surface area contributed by atoms with Gasteiger partial charge in [-0.2, -0.15) is 5.26 Å². The van der Waals surface area contributed by atoms with Crippen LogP contribution < -0.4 is 4.90 Å². The smallest absolute Gasteiger partial charge is 0.195 e. The van der Waals surface area contributed by atoms with Crippen LogP contribution in [0.1, 0.15) is 72.4 Å². The second-order valence-electron chi connectivity index (χ2n) is 10.5. The van der Waals surface area contributed by atoms with Gasteiger partial charge in [0.25, 0.3) is 0 Å². The van der Waals surface area contributed by atoms with Crippen molar-refractivity contribution in [2.45, 2.75) is 46.0 Å². The average molecular weight is 485 g/mol. The molecular weight excluding hydrogens is 448 g/mol. The number of benzene rings is 2. The number of hydrogen-bond donors (Lipinski definition) is 1. The van der Waals surface area contributed by atoms with Crippen molar-refractivity contribution in [3.05, 3.63) is 63.8 Å². The van der Waals surface area contributed by atoms with Gasteiger partial charge < -0.3 is 14.6 Å². The highest BCUT2D eigenvalue weighted by Crippen LogP contribution is 2.45. The minimum Gasteiger partial charge on any atom is -0.379 e. The van der Waals surface area contributed by atoms with Gasteiger partial charge in [0, 0.05) is 66.0 Å².